The molecule has 58 valence electrons. The average Bonchev–Trinajstić information content (AvgIpc) is 2.29. The molecule has 3 nitrogen and oxygen atoms in total. The van der Waals surface area contributed by atoms with E-state index in [0.29, 0.717) is 0 Å². The molecule has 0 amide bonds. The quantitative estimate of drug-likeness (QED) is 0.588. The molecule has 1 heterocycles. The zero-order valence-corrected chi connectivity index (χ0v) is 8.20. The highest BCUT2D eigenvalue weighted by Crippen LogP contribution is 2.18. The van der Waals surface area contributed by atoms with E-state index >= 15 is 0 Å². The average molecular weight is 262 g/mol. The molecule has 0 aromatic carbocycles. The van der Waals surface area contributed by atoms with Gasteiger partial charge in [-0.1, -0.05) is 5.92 Å². The maximum absolute atomic E-state index is 5.21. The smallest absolute Gasteiger partial charge is 0.226 e. The van der Waals surface area contributed by atoms with Gasteiger partial charge < -0.3 is 4.74 Å². The summed E-state index contributed by atoms with van der Waals surface area (Å²) in [6.45, 7) is 0.287. The van der Waals surface area contributed by atoms with Gasteiger partial charge >= 0.3 is 0 Å². The lowest BCUT2D eigenvalue weighted by atomic mass is 10.7. The lowest BCUT2D eigenvalue weighted by Gasteiger charge is -2.01. The Labute approximate surface area is 78.9 Å². The molecule has 0 bridgehead atoms. The summed E-state index contributed by atoms with van der Waals surface area (Å²) in [5, 5.41) is 3.98. The predicted molar refractivity (Wildman–Crippen MR) is 50.3 cm³/mol. The van der Waals surface area contributed by atoms with Gasteiger partial charge in [-0.3, -0.25) is 0 Å². The van der Waals surface area contributed by atoms with Crippen LogP contribution in [-0.2, 0) is 7.05 Å². The van der Waals surface area contributed by atoms with Crippen molar-refractivity contribution in [3.63, 3.8) is 0 Å². The molecule has 11 heavy (non-hydrogen) atoms. The molecule has 0 N–H and O–H groups in total. The molecule has 1 rings (SSSR count). The normalized spacial score (nSPS) is 9.18. The molecule has 1 aromatic rings. The number of aromatic nitrogens is 2. The van der Waals surface area contributed by atoms with Gasteiger partial charge in [-0.15, -0.1) is 6.42 Å². The Balaban J connectivity index is 2.77. The minimum Gasteiger partial charge on any atom is -0.464 e. The second-order valence-corrected chi connectivity index (χ2v) is 3.08. The Morgan fingerprint density at radius 3 is 3.09 bits per heavy atom. The SMILES string of the molecule is C#CCOc1c(I)cnn1C. The van der Waals surface area contributed by atoms with Crippen LogP contribution in [0.5, 0.6) is 5.88 Å². The molecule has 0 aliphatic carbocycles. The largest absolute Gasteiger partial charge is 0.464 e. The number of nitrogens with zero attached hydrogens (tertiary/aromatic N) is 2. The van der Waals surface area contributed by atoms with E-state index < -0.39 is 0 Å². The van der Waals surface area contributed by atoms with Gasteiger partial charge in [0.25, 0.3) is 0 Å². The zero-order valence-electron chi connectivity index (χ0n) is 6.04. The van der Waals surface area contributed by atoms with E-state index in [-0.39, 0.29) is 6.61 Å². The van der Waals surface area contributed by atoms with E-state index in [1.54, 1.807) is 10.9 Å². The molecule has 0 unspecified atom stereocenters. The van der Waals surface area contributed by atoms with E-state index in [0.717, 1.165) is 9.45 Å². The van der Waals surface area contributed by atoms with Crippen molar-refractivity contribution in [2.45, 2.75) is 0 Å². The molecule has 0 atom stereocenters. The molecule has 4 heteroatoms. The van der Waals surface area contributed by atoms with E-state index in [2.05, 4.69) is 33.6 Å². The van der Waals surface area contributed by atoms with Crippen molar-refractivity contribution in [3.8, 4) is 18.2 Å². The van der Waals surface area contributed by atoms with Crippen LogP contribution in [0.4, 0.5) is 0 Å². The Morgan fingerprint density at radius 2 is 2.64 bits per heavy atom. The third kappa shape index (κ3) is 1.87. The highest BCUT2D eigenvalue weighted by molar-refractivity contribution is 14.1. The monoisotopic (exact) mass is 262 g/mol. The van der Waals surface area contributed by atoms with Crippen molar-refractivity contribution in [2.75, 3.05) is 6.61 Å². The summed E-state index contributed by atoms with van der Waals surface area (Å²) in [6.07, 6.45) is 6.77. The van der Waals surface area contributed by atoms with E-state index in [9.17, 15) is 0 Å². The van der Waals surface area contributed by atoms with Crippen LogP contribution < -0.4 is 4.74 Å². The lowest BCUT2D eigenvalue weighted by molar-refractivity contribution is 0.333. The maximum Gasteiger partial charge on any atom is 0.226 e. The number of aryl methyl sites for hydroxylation is 1. The van der Waals surface area contributed by atoms with Crippen molar-refractivity contribution in [2.24, 2.45) is 7.05 Å². The number of hydrogen-bond donors (Lipinski definition) is 0. The molecule has 0 saturated heterocycles. The van der Waals surface area contributed by atoms with Crippen LogP contribution in [0.15, 0.2) is 6.20 Å². The van der Waals surface area contributed by atoms with Gasteiger partial charge in [0.15, 0.2) is 6.61 Å². The molecule has 1 aromatic heterocycles. The summed E-state index contributed by atoms with van der Waals surface area (Å²) in [4.78, 5) is 0. The van der Waals surface area contributed by atoms with Gasteiger partial charge in [-0.2, -0.15) is 5.10 Å². The zero-order chi connectivity index (χ0) is 8.27. The molecular weight excluding hydrogens is 255 g/mol. The maximum atomic E-state index is 5.21. The molecule has 0 spiro atoms. The fourth-order valence-corrected chi connectivity index (χ4v) is 1.30. The van der Waals surface area contributed by atoms with Gasteiger partial charge in [0.2, 0.25) is 5.88 Å². The second-order valence-electron chi connectivity index (χ2n) is 1.91. The predicted octanol–water partition coefficient (Wildman–Crippen LogP) is 1.04. The molecule has 0 radical (unpaired) electrons. The molecular formula is C7H7IN2O. The van der Waals surface area contributed by atoms with Gasteiger partial charge in [-0.25, -0.2) is 4.68 Å². The topological polar surface area (TPSA) is 27.1 Å². The number of terminal acetylenes is 1. The van der Waals surface area contributed by atoms with Crippen LogP contribution in [0.25, 0.3) is 0 Å². The lowest BCUT2D eigenvalue weighted by Crippen LogP contribution is -2.01. The molecule has 0 fully saturated rings. The van der Waals surface area contributed by atoms with Crippen molar-refractivity contribution in [3.05, 3.63) is 9.77 Å². The third-order valence-corrected chi connectivity index (χ3v) is 1.87. The van der Waals surface area contributed by atoms with Crippen LogP contribution >= 0.6 is 22.6 Å². The number of hydrogen-bond acceptors (Lipinski definition) is 2. The summed E-state index contributed by atoms with van der Waals surface area (Å²) in [5.74, 6) is 3.12. The third-order valence-electron chi connectivity index (χ3n) is 1.13. The highest BCUT2D eigenvalue weighted by Gasteiger charge is 2.04. The van der Waals surface area contributed by atoms with Crippen LogP contribution in [0, 0.1) is 15.9 Å². The Bertz CT molecular complexity index is 268. The Hall–Kier alpha value is -0.700. The van der Waals surface area contributed by atoms with Crippen molar-refractivity contribution in [1.29, 1.82) is 0 Å². The summed E-state index contributed by atoms with van der Waals surface area (Å²) in [5.41, 5.74) is 0. The van der Waals surface area contributed by atoms with Crippen LogP contribution in [-0.4, -0.2) is 16.4 Å². The fraction of sp³-hybridized carbons (Fsp3) is 0.286. The Kier molecular flexibility index (Phi) is 2.76. The second kappa shape index (κ2) is 3.62. The van der Waals surface area contributed by atoms with Crippen molar-refractivity contribution >= 4 is 22.6 Å². The van der Waals surface area contributed by atoms with E-state index in [4.69, 9.17) is 11.2 Å². The van der Waals surface area contributed by atoms with Crippen molar-refractivity contribution in [1.82, 2.24) is 9.78 Å². The van der Waals surface area contributed by atoms with E-state index in [1.165, 1.54) is 0 Å². The fourth-order valence-electron chi connectivity index (χ4n) is 0.672. The first-order valence-corrected chi connectivity index (χ1v) is 4.07. The van der Waals surface area contributed by atoms with Crippen LogP contribution in [0.2, 0.25) is 0 Å². The van der Waals surface area contributed by atoms with Crippen LogP contribution in [0.3, 0.4) is 0 Å². The minimum absolute atomic E-state index is 0.287. The van der Waals surface area contributed by atoms with Gasteiger partial charge in [0.1, 0.15) is 0 Å². The highest BCUT2D eigenvalue weighted by atomic mass is 127. The minimum atomic E-state index is 0.287. The first kappa shape index (κ1) is 8.40. The van der Waals surface area contributed by atoms with Gasteiger partial charge in [0.05, 0.1) is 9.77 Å². The van der Waals surface area contributed by atoms with Crippen molar-refractivity contribution < 1.29 is 4.74 Å². The number of rotatable bonds is 2. The number of ether oxygens (including phenoxy) is 1. The van der Waals surface area contributed by atoms with Crippen LogP contribution in [0.1, 0.15) is 0 Å². The van der Waals surface area contributed by atoms with E-state index in [1.807, 2.05) is 7.05 Å². The molecule has 0 saturated carbocycles. The number of halogens is 1. The van der Waals surface area contributed by atoms with Gasteiger partial charge in [0, 0.05) is 7.05 Å². The summed E-state index contributed by atoms with van der Waals surface area (Å²) in [6, 6.07) is 0. The molecule has 0 aliphatic rings. The van der Waals surface area contributed by atoms with Gasteiger partial charge in [-0.05, 0) is 22.6 Å². The summed E-state index contributed by atoms with van der Waals surface area (Å²) >= 11 is 2.14. The summed E-state index contributed by atoms with van der Waals surface area (Å²) < 4.78 is 7.84. The summed E-state index contributed by atoms with van der Waals surface area (Å²) in [7, 11) is 1.81. The Morgan fingerprint density at radius 1 is 1.91 bits per heavy atom. The first-order chi connectivity index (χ1) is 5.25. The molecule has 0 aliphatic heterocycles. The standard InChI is InChI=1S/C7H7IN2O/c1-3-4-11-7-6(8)5-9-10(7)2/h1,5H,4H2,2H3. The first-order valence-electron chi connectivity index (χ1n) is 2.99.